The number of aromatic nitrogens is 3. The fourth-order valence-electron chi connectivity index (χ4n) is 6.75. The molecular weight excluding hydrogens is 607 g/mol. The van der Waals surface area contributed by atoms with Gasteiger partial charge in [-0.3, -0.25) is 0 Å². The highest BCUT2D eigenvalue weighted by Crippen LogP contribution is 2.37. The molecule has 8 aromatic carbocycles. The van der Waals surface area contributed by atoms with Crippen molar-refractivity contribution in [2.24, 2.45) is 0 Å². The lowest BCUT2D eigenvalue weighted by atomic mass is 9.95. The van der Waals surface area contributed by atoms with Gasteiger partial charge in [0.05, 0.1) is 0 Å². The standard InChI is InChI=1S/C47H31N3/c1-3-12-32(13-4-1)33-22-26-37(27-23-33)45-48-46(38-28-24-36(25-29-38)42-21-11-19-34-16-9-10-20-41(34)42)50-47(49-45)44-31-40-18-8-7-17-39(40)30-43(44)35-14-5-2-6-15-35/h1-31H. The van der Waals surface area contributed by atoms with E-state index in [1.165, 1.54) is 27.3 Å². The minimum atomic E-state index is 0.633. The van der Waals surface area contributed by atoms with Crippen molar-refractivity contribution in [2.45, 2.75) is 0 Å². The molecule has 1 heterocycles. The summed E-state index contributed by atoms with van der Waals surface area (Å²) >= 11 is 0. The first kappa shape index (κ1) is 29.4. The summed E-state index contributed by atoms with van der Waals surface area (Å²) in [5, 5.41) is 4.77. The van der Waals surface area contributed by atoms with Crippen molar-refractivity contribution in [3.05, 3.63) is 188 Å². The fourth-order valence-corrected chi connectivity index (χ4v) is 6.75. The van der Waals surface area contributed by atoms with E-state index < -0.39 is 0 Å². The van der Waals surface area contributed by atoms with E-state index in [9.17, 15) is 0 Å². The van der Waals surface area contributed by atoms with Gasteiger partial charge in [0.2, 0.25) is 0 Å². The molecule has 0 spiro atoms. The van der Waals surface area contributed by atoms with Crippen molar-refractivity contribution in [1.29, 1.82) is 0 Å². The second kappa shape index (κ2) is 12.7. The van der Waals surface area contributed by atoms with Crippen LogP contribution < -0.4 is 0 Å². The monoisotopic (exact) mass is 637 g/mol. The topological polar surface area (TPSA) is 38.7 Å². The van der Waals surface area contributed by atoms with Crippen LogP contribution in [0.2, 0.25) is 0 Å². The van der Waals surface area contributed by atoms with Gasteiger partial charge in [-0.2, -0.15) is 0 Å². The minimum Gasteiger partial charge on any atom is -0.208 e. The van der Waals surface area contributed by atoms with Crippen molar-refractivity contribution in [3.8, 4) is 67.5 Å². The predicted molar refractivity (Wildman–Crippen MR) is 207 cm³/mol. The van der Waals surface area contributed by atoms with Crippen LogP contribution in [-0.4, -0.2) is 15.0 Å². The van der Waals surface area contributed by atoms with Gasteiger partial charge in [0.15, 0.2) is 17.5 Å². The van der Waals surface area contributed by atoms with Gasteiger partial charge in [-0.25, -0.2) is 15.0 Å². The van der Waals surface area contributed by atoms with Gasteiger partial charge in [0.1, 0.15) is 0 Å². The van der Waals surface area contributed by atoms with E-state index in [0.717, 1.165) is 44.3 Å². The summed E-state index contributed by atoms with van der Waals surface area (Å²) in [5.74, 6) is 1.91. The molecular formula is C47H31N3. The van der Waals surface area contributed by atoms with Crippen LogP contribution >= 0.6 is 0 Å². The normalized spacial score (nSPS) is 11.2. The Labute approximate surface area is 291 Å². The van der Waals surface area contributed by atoms with Crippen LogP contribution in [0, 0.1) is 0 Å². The fraction of sp³-hybridized carbons (Fsp3) is 0. The number of fused-ring (bicyclic) bond motifs is 2. The summed E-state index contributed by atoms with van der Waals surface area (Å²) in [7, 11) is 0. The van der Waals surface area contributed by atoms with Gasteiger partial charge in [0.25, 0.3) is 0 Å². The Hall–Kier alpha value is -6.71. The Bertz CT molecular complexity index is 2610. The molecule has 3 nitrogen and oxygen atoms in total. The quantitative estimate of drug-likeness (QED) is 0.182. The third kappa shape index (κ3) is 5.61. The lowest BCUT2D eigenvalue weighted by molar-refractivity contribution is 1.07. The summed E-state index contributed by atoms with van der Waals surface area (Å²) in [5.41, 5.74) is 9.70. The molecule has 0 atom stereocenters. The first-order valence-corrected chi connectivity index (χ1v) is 16.9. The zero-order valence-electron chi connectivity index (χ0n) is 27.2. The zero-order chi connectivity index (χ0) is 33.3. The summed E-state index contributed by atoms with van der Waals surface area (Å²) < 4.78 is 0. The van der Waals surface area contributed by atoms with Gasteiger partial charge in [-0.15, -0.1) is 0 Å². The van der Waals surface area contributed by atoms with Crippen LogP contribution in [0.25, 0.3) is 89.1 Å². The zero-order valence-corrected chi connectivity index (χ0v) is 27.2. The van der Waals surface area contributed by atoms with Gasteiger partial charge in [-0.1, -0.05) is 176 Å². The average Bonchev–Trinajstić information content (AvgIpc) is 3.21. The SMILES string of the molecule is c1ccc(-c2ccc(-c3nc(-c4ccc(-c5cccc6ccccc56)cc4)nc(-c4cc5ccccc5cc4-c4ccccc4)n3)cc2)cc1. The molecule has 0 unspecified atom stereocenters. The third-order valence-electron chi connectivity index (χ3n) is 9.34. The van der Waals surface area contributed by atoms with E-state index >= 15 is 0 Å². The highest BCUT2D eigenvalue weighted by Gasteiger charge is 2.17. The molecule has 0 fully saturated rings. The molecule has 0 N–H and O–H groups in total. The maximum Gasteiger partial charge on any atom is 0.164 e. The molecule has 0 bridgehead atoms. The molecule has 234 valence electrons. The maximum atomic E-state index is 5.19. The van der Waals surface area contributed by atoms with E-state index in [-0.39, 0.29) is 0 Å². The Morgan fingerprint density at radius 2 is 0.660 bits per heavy atom. The van der Waals surface area contributed by atoms with Crippen LogP contribution in [0.5, 0.6) is 0 Å². The number of nitrogens with zero attached hydrogens (tertiary/aromatic N) is 3. The van der Waals surface area contributed by atoms with Crippen molar-refractivity contribution >= 4 is 21.5 Å². The van der Waals surface area contributed by atoms with E-state index in [1.54, 1.807) is 0 Å². The Morgan fingerprint density at radius 3 is 1.30 bits per heavy atom. The largest absolute Gasteiger partial charge is 0.208 e. The summed E-state index contributed by atoms with van der Waals surface area (Å²) in [6.07, 6.45) is 0. The average molecular weight is 638 g/mol. The lowest BCUT2D eigenvalue weighted by Crippen LogP contribution is -2.01. The van der Waals surface area contributed by atoms with Gasteiger partial charge < -0.3 is 0 Å². The van der Waals surface area contributed by atoms with Crippen LogP contribution in [0.15, 0.2) is 188 Å². The summed E-state index contributed by atoms with van der Waals surface area (Å²) in [4.78, 5) is 15.5. The number of benzene rings is 8. The second-order valence-corrected chi connectivity index (χ2v) is 12.5. The van der Waals surface area contributed by atoms with E-state index in [4.69, 9.17) is 15.0 Å². The van der Waals surface area contributed by atoms with Gasteiger partial charge in [0, 0.05) is 16.7 Å². The molecule has 3 heteroatoms. The van der Waals surface area contributed by atoms with Crippen LogP contribution in [0.4, 0.5) is 0 Å². The first-order valence-electron chi connectivity index (χ1n) is 16.9. The molecule has 0 amide bonds. The van der Waals surface area contributed by atoms with Crippen LogP contribution in [-0.2, 0) is 0 Å². The Morgan fingerprint density at radius 1 is 0.240 bits per heavy atom. The number of hydrogen-bond donors (Lipinski definition) is 0. The van der Waals surface area contributed by atoms with Crippen molar-refractivity contribution in [1.82, 2.24) is 15.0 Å². The van der Waals surface area contributed by atoms with Crippen LogP contribution in [0.1, 0.15) is 0 Å². The smallest absolute Gasteiger partial charge is 0.164 e. The number of hydrogen-bond acceptors (Lipinski definition) is 3. The van der Waals surface area contributed by atoms with Gasteiger partial charge in [-0.05, 0) is 67.1 Å². The molecule has 50 heavy (non-hydrogen) atoms. The summed E-state index contributed by atoms with van der Waals surface area (Å²) in [6.45, 7) is 0. The molecule has 0 aliphatic heterocycles. The van der Waals surface area contributed by atoms with Crippen molar-refractivity contribution in [3.63, 3.8) is 0 Å². The molecule has 0 saturated heterocycles. The molecule has 0 saturated carbocycles. The molecule has 0 aliphatic rings. The molecule has 1 aromatic heterocycles. The van der Waals surface area contributed by atoms with Gasteiger partial charge >= 0.3 is 0 Å². The molecule has 9 aromatic rings. The van der Waals surface area contributed by atoms with Crippen molar-refractivity contribution in [2.75, 3.05) is 0 Å². The van der Waals surface area contributed by atoms with Crippen LogP contribution in [0.3, 0.4) is 0 Å². The second-order valence-electron chi connectivity index (χ2n) is 12.5. The predicted octanol–water partition coefficient (Wildman–Crippen LogP) is 12.2. The number of rotatable bonds is 6. The van der Waals surface area contributed by atoms with E-state index in [0.29, 0.717) is 17.5 Å². The maximum absolute atomic E-state index is 5.19. The highest BCUT2D eigenvalue weighted by atomic mass is 15.0. The molecule has 0 radical (unpaired) electrons. The first-order chi connectivity index (χ1) is 24.8. The van der Waals surface area contributed by atoms with E-state index in [1.807, 2.05) is 12.1 Å². The molecule has 9 rings (SSSR count). The van der Waals surface area contributed by atoms with Crippen molar-refractivity contribution < 1.29 is 0 Å². The summed E-state index contributed by atoms with van der Waals surface area (Å²) in [6, 6.07) is 65.8. The van der Waals surface area contributed by atoms with E-state index in [2.05, 4.69) is 176 Å². The third-order valence-corrected chi connectivity index (χ3v) is 9.34. The molecule has 0 aliphatic carbocycles. The lowest BCUT2D eigenvalue weighted by Gasteiger charge is -2.14. The Kier molecular flexibility index (Phi) is 7.49. The minimum absolute atomic E-state index is 0.633. The highest BCUT2D eigenvalue weighted by molar-refractivity contribution is 5.97. The Balaban J connectivity index is 1.21.